The van der Waals surface area contributed by atoms with Crippen LogP contribution in [0.1, 0.15) is 40.5 Å². The number of hydrogen-bond acceptors (Lipinski definition) is 10. The fourth-order valence-electron chi connectivity index (χ4n) is 5.05. The van der Waals surface area contributed by atoms with E-state index in [9.17, 15) is 10.2 Å². The van der Waals surface area contributed by atoms with Crippen LogP contribution >= 0.6 is 0 Å². The van der Waals surface area contributed by atoms with Crippen molar-refractivity contribution in [2.75, 3.05) is 13.2 Å². The first-order valence-electron chi connectivity index (χ1n) is 10.8. The van der Waals surface area contributed by atoms with E-state index >= 15 is 0 Å². The first kappa shape index (κ1) is 22.8. The average molecular weight is 433 g/mol. The Morgan fingerprint density at radius 1 is 0.867 bits per heavy atom. The van der Waals surface area contributed by atoms with Crippen LogP contribution in [0.2, 0.25) is 0 Å². The minimum Gasteiger partial charge on any atom is -0.394 e. The van der Waals surface area contributed by atoms with Gasteiger partial charge in [-0.1, -0.05) is 0 Å². The lowest BCUT2D eigenvalue weighted by Gasteiger charge is -2.29. The summed E-state index contributed by atoms with van der Waals surface area (Å²) in [6.45, 7) is 6.96. The highest BCUT2D eigenvalue weighted by molar-refractivity contribution is 5.03. The number of nitrogens with two attached hydrogens (primary N) is 2. The number of rotatable bonds is 7. The third-order valence-electron chi connectivity index (χ3n) is 6.35. The van der Waals surface area contributed by atoms with Crippen molar-refractivity contribution in [2.45, 2.75) is 113 Å². The largest absolute Gasteiger partial charge is 0.394 e. The molecule has 0 aromatic carbocycles. The van der Waals surface area contributed by atoms with Crippen LogP contribution in [0.3, 0.4) is 0 Å². The van der Waals surface area contributed by atoms with Gasteiger partial charge in [-0.2, -0.15) is 0 Å². The van der Waals surface area contributed by atoms with Gasteiger partial charge >= 0.3 is 0 Å². The summed E-state index contributed by atoms with van der Waals surface area (Å²) in [5, 5.41) is 20.4. The van der Waals surface area contributed by atoms with Gasteiger partial charge in [-0.05, 0) is 40.5 Å². The molecule has 0 spiro atoms. The maximum absolute atomic E-state index is 10.6. The van der Waals surface area contributed by atoms with Gasteiger partial charge in [0.2, 0.25) is 0 Å². The van der Waals surface area contributed by atoms with Gasteiger partial charge in [0.25, 0.3) is 0 Å². The Bertz CT molecular complexity index is 620. The molecule has 2 heterocycles. The molecular formula is C20H36N2O8. The molecule has 2 saturated carbocycles. The topological polar surface area (TPSA) is 148 Å². The average Bonchev–Trinajstić information content (AvgIpc) is 3.31. The van der Waals surface area contributed by atoms with Crippen molar-refractivity contribution in [3.63, 3.8) is 0 Å². The van der Waals surface area contributed by atoms with Crippen LogP contribution in [0.25, 0.3) is 0 Å². The van der Waals surface area contributed by atoms with Crippen LogP contribution in [-0.2, 0) is 28.4 Å². The maximum Gasteiger partial charge on any atom is 0.163 e. The third kappa shape index (κ3) is 4.40. The smallest absolute Gasteiger partial charge is 0.163 e. The fraction of sp³-hybridized carbons (Fsp3) is 1.00. The van der Waals surface area contributed by atoms with Gasteiger partial charge in [-0.25, -0.2) is 0 Å². The summed E-state index contributed by atoms with van der Waals surface area (Å²) in [6, 6.07) is -0.419. The number of aliphatic hydroxyl groups excluding tert-OH is 2. The van der Waals surface area contributed by atoms with Gasteiger partial charge in [-0.3, -0.25) is 0 Å². The molecule has 0 aromatic heterocycles. The lowest BCUT2D eigenvalue weighted by molar-refractivity contribution is -0.189. The van der Waals surface area contributed by atoms with Crippen molar-refractivity contribution in [2.24, 2.45) is 11.5 Å². The van der Waals surface area contributed by atoms with Crippen molar-refractivity contribution < 1.29 is 38.6 Å². The molecule has 10 atom stereocenters. The molecule has 174 valence electrons. The molecule has 10 heteroatoms. The fourth-order valence-corrected chi connectivity index (χ4v) is 5.05. The Morgan fingerprint density at radius 3 is 1.87 bits per heavy atom. The van der Waals surface area contributed by atoms with Gasteiger partial charge in [0.15, 0.2) is 11.6 Å². The van der Waals surface area contributed by atoms with E-state index in [1.54, 1.807) is 0 Å². The van der Waals surface area contributed by atoms with E-state index in [1.807, 2.05) is 27.7 Å². The van der Waals surface area contributed by atoms with E-state index in [4.69, 9.17) is 39.9 Å². The third-order valence-corrected chi connectivity index (χ3v) is 6.35. The molecular weight excluding hydrogens is 396 g/mol. The van der Waals surface area contributed by atoms with Crippen LogP contribution in [0.15, 0.2) is 0 Å². The Kier molecular flexibility index (Phi) is 6.21. The van der Waals surface area contributed by atoms with Crippen molar-refractivity contribution in [1.29, 1.82) is 0 Å². The molecule has 4 rings (SSSR count). The lowest BCUT2D eigenvalue weighted by atomic mass is 10.2. The van der Waals surface area contributed by atoms with Crippen LogP contribution in [0.5, 0.6) is 0 Å². The van der Waals surface area contributed by atoms with Crippen molar-refractivity contribution in [3.8, 4) is 0 Å². The van der Waals surface area contributed by atoms with Gasteiger partial charge < -0.3 is 50.1 Å². The van der Waals surface area contributed by atoms with Crippen molar-refractivity contribution in [1.82, 2.24) is 0 Å². The van der Waals surface area contributed by atoms with Crippen molar-refractivity contribution in [3.05, 3.63) is 0 Å². The molecule has 0 radical (unpaired) electrons. The highest BCUT2D eigenvalue weighted by Crippen LogP contribution is 2.40. The van der Waals surface area contributed by atoms with Crippen LogP contribution < -0.4 is 11.5 Å². The molecule has 6 N–H and O–H groups in total. The zero-order chi connectivity index (χ0) is 21.8. The van der Waals surface area contributed by atoms with Gasteiger partial charge in [0.1, 0.15) is 36.6 Å². The Balaban J connectivity index is 1.31. The summed E-state index contributed by atoms with van der Waals surface area (Å²) < 4.78 is 35.5. The zero-order valence-electron chi connectivity index (χ0n) is 18.1. The summed E-state index contributed by atoms with van der Waals surface area (Å²) in [5.74, 6) is -1.44. The molecule has 2 unspecified atom stereocenters. The normalized spacial score (nSPS) is 46.0. The first-order valence-corrected chi connectivity index (χ1v) is 10.8. The quantitative estimate of drug-likeness (QED) is 0.394. The van der Waals surface area contributed by atoms with Crippen molar-refractivity contribution >= 4 is 0 Å². The Hall–Kier alpha value is -0.400. The Morgan fingerprint density at radius 2 is 1.33 bits per heavy atom. The summed E-state index contributed by atoms with van der Waals surface area (Å²) >= 11 is 0. The molecule has 2 saturated heterocycles. The highest BCUT2D eigenvalue weighted by atomic mass is 16.8. The highest BCUT2D eigenvalue weighted by Gasteiger charge is 2.55. The molecule has 4 fully saturated rings. The predicted octanol–water partition coefficient (Wildman–Crippen LogP) is -1.02. The molecule has 30 heavy (non-hydrogen) atoms. The summed E-state index contributed by atoms with van der Waals surface area (Å²) in [6.07, 6.45) is -2.56. The molecule has 0 aromatic rings. The minimum absolute atomic E-state index is 0.0225. The van der Waals surface area contributed by atoms with Gasteiger partial charge in [0, 0.05) is 12.1 Å². The summed E-state index contributed by atoms with van der Waals surface area (Å²) in [7, 11) is 0. The molecule has 2 aliphatic carbocycles. The molecule has 2 aliphatic heterocycles. The van der Waals surface area contributed by atoms with E-state index in [1.165, 1.54) is 0 Å². The molecule has 4 aliphatic rings. The van der Waals surface area contributed by atoms with E-state index in [0.29, 0.717) is 12.8 Å². The minimum atomic E-state index is -1.04. The monoisotopic (exact) mass is 432 g/mol. The molecule has 0 bridgehead atoms. The lowest BCUT2D eigenvalue weighted by Crippen LogP contribution is -2.43. The SMILES string of the molecule is CC1(C)O[C@@H]2[C@H](O1)[C@@H](OCC(O)C(CO)O[C@H]1C[C@@H](N)[C@@H]3OC(C)(C)O[C@@H]31)C[C@H]2N. The van der Waals surface area contributed by atoms with Gasteiger partial charge in [-0.15, -0.1) is 0 Å². The summed E-state index contributed by atoms with van der Waals surface area (Å²) in [4.78, 5) is 0. The van der Waals surface area contributed by atoms with E-state index < -0.39 is 23.8 Å². The zero-order valence-corrected chi connectivity index (χ0v) is 18.1. The Labute approximate surface area is 177 Å². The van der Waals surface area contributed by atoms with Crippen LogP contribution in [-0.4, -0.2) is 95.9 Å². The standard InChI is InChI=1S/C20H36N2O8/c1-19(2)27-15-9(21)5-12(17(15)29-19)25-8-11(24)14(7-23)26-13-6-10(22)16-18(13)30-20(3,4)28-16/h9-18,23-24H,5-8,21-22H2,1-4H3/t9-,10-,11?,12+,13+,14?,15+,16+,17-,18-/m1/s1. The maximum atomic E-state index is 10.6. The van der Waals surface area contributed by atoms with Crippen LogP contribution in [0, 0.1) is 0 Å². The molecule has 0 amide bonds. The second-order valence-corrected chi connectivity index (χ2v) is 9.76. The first-order chi connectivity index (χ1) is 14.0. The number of ether oxygens (including phenoxy) is 6. The molecule has 10 nitrogen and oxygen atoms in total. The number of hydrogen-bond donors (Lipinski definition) is 4. The number of fused-ring (bicyclic) bond motifs is 2. The number of aliphatic hydroxyl groups is 2. The van der Waals surface area contributed by atoms with Crippen LogP contribution in [0.4, 0.5) is 0 Å². The van der Waals surface area contributed by atoms with E-state index in [0.717, 1.165) is 0 Å². The van der Waals surface area contributed by atoms with E-state index in [2.05, 4.69) is 0 Å². The second kappa shape index (κ2) is 8.18. The predicted molar refractivity (Wildman–Crippen MR) is 104 cm³/mol. The van der Waals surface area contributed by atoms with E-state index in [-0.39, 0.29) is 61.9 Å². The summed E-state index contributed by atoms with van der Waals surface area (Å²) in [5.41, 5.74) is 12.3. The van der Waals surface area contributed by atoms with Gasteiger partial charge in [0.05, 0.1) is 25.4 Å². The second-order valence-electron chi connectivity index (χ2n) is 9.76.